The topological polar surface area (TPSA) is 121 Å². The zero-order chi connectivity index (χ0) is 18.5. The molecule has 1 heterocycles. The van der Waals surface area contributed by atoms with Crippen LogP contribution in [0.25, 0.3) is 11.4 Å². The van der Waals surface area contributed by atoms with Gasteiger partial charge in [-0.1, -0.05) is 24.3 Å². The Kier molecular flexibility index (Phi) is 4.98. The number of aromatic nitrogens is 2. The van der Waals surface area contributed by atoms with Crippen LogP contribution in [-0.2, 0) is 11.2 Å². The third-order valence-electron chi connectivity index (χ3n) is 3.92. The summed E-state index contributed by atoms with van der Waals surface area (Å²) in [5.41, 5.74) is 7.36. The van der Waals surface area contributed by atoms with Crippen molar-refractivity contribution in [2.75, 3.05) is 0 Å². The van der Waals surface area contributed by atoms with Gasteiger partial charge in [-0.2, -0.15) is 0 Å². The molecule has 7 nitrogen and oxygen atoms in total. The van der Waals surface area contributed by atoms with Gasteiger partial charge in [-0.05, 0) is 29.8 Å². The van der Waals surface area contributed by atoms with Gasteiger partial charge in [0.15, 0.2) is 0 Å². The van der Waals surface area contributed by atoms with E-state index in [1.165, 1.54) is 12.1 Å². The van der Waals surface area contributed by atoms with Crippen LogP contribution in [0.4, 0.5) is 0 Å². The number of nitrogens with one attached hydrogen (secondary N) is 2. The van der Waals surface area contributed by atoms with E-state index in [1.807, 2.05) is 6.07 Å². The standard InChI is InChI=1S/C19H18N4O3/c20-17(25)16(10-12-4-6-15(24)7-5-12)23-19(26)14-3-1-2-13(11-14)18-21-8-9-22-18/h1-9,11,16,24H,10H2,(H2,20,25)(H,21,22)(H,23,26)/t16-/m0/s1. The van der Waals surface area contributed by atoms with Crippen molar-refractivity contribution in [1.82, 2.24) is 15.3 Å². The van der Waals surface area contributed by atoms with Gasteiger partial charge in [0, 0.05) is 29.9 Å². The number of hydrogen-bond acceptors (Lipinski definition) is 4. The van der Waals surface area contributed by atoms with E-state index in [2.05, 4.69) is 15.3 Å². The first-order chi connectivity index (χ1) is 12.5. The molecule has 0 unspecified atom stereocenters. The summed E-state index contributed by atoms with van der Waals surface area (Å²) >= 11 is 0. The van der Waals surface area contributed by atoms with E-state index in [9.17, 15) is 14.7 Å². The van der Waals surface area contributed by atoms with Crippen molar-refractivity contribution in [1.29, 1.82) is 0 Å². The smallest absolute Gasteiger partial charge is 0.251 e. The predicted octanol–water partition coefficient (Wildman–Crippen LogP) is 1.61. The first-order valence-electron chi connectivity index (χ1n) is 8.01. The van der Waals surface area contributed by atoms with Crippen molar-refractivity contribution >= 4 is 11.8 Å². The Labute approximate surface area is 149 Å². The summed E-state index contributed by atoms with van der Waals surface area (Å²) in [6, 6.07) is 12.4. The lowest BCUT2D eigenvalue weighted by atomic mass is 10.0. The van der Waals surface area contributed by atoms with Gasteiger partial charge in [0.2, 0.25) is 5.91 Å². The molecule has 0 radical (unpaired) electrons. The van der Waals surface area contributed by atoms with Gasteiger partial charge in [-0.3, -0.25) is 9.59 Å². The molecule has 5 N–H and O–H groups in total. The number of nitrogens with zero attached hydrogens (tertiary/aromatic N) is 1. The van der Waals surface area contributed by atoms with E-state index >= 15 is 0 Å². The quantitative estimate of drug-likeness (QED) is 0.539. The third-order valence-corrected chi connectivity index (χ3v) is 3.92. The maximum atomic E-state index is 12.5. The van der Waals surface area contributed by atoms with Crippen molar-refractivity contribution in [3.05, 3.63) is 72.1 Å². The van der Waals surface area contributed by atoms with Crippen LogP contribution in [0, 0.1) is 0 Å². The van der Waals surface area contributed by atoms with Gasteiger partial charge in [-0.25, -0.2) is 4.98 Å². The van der Waals surface area contributed by atoms with Gasteiger partial charge in [0.25, 0.3) is 5.91 Å². The molecule has 26 heavy (non-hydrogen) atoms. The lowest BCUT2D eigenvalue weighted by Gasteiger charge is -2.16. The predicted molar refractivity (Wildman–Crippen MR) is 96.3 cm³/mol. The van der Waals surface area contributed by atoms with E-state index in [0.717, 1.165) is 11.1 Å². The molecule has 0 saturated heterocycles. The molecule has 0 fully saturated rings. The largest absolute Gasteiger partial charge is 0.508 e. The number of aromatic amines is 1. The molecule has 0 saturated carbocycles. The third kappa shape index (κ3) is 4.07. The maximum absolute atomic E-state index is 12.5. The molecular weight excluding hydrogens is 332 g/mol. The van der Waals surface area contributed by atoms with Gasteiger partial charge in [0.1, 0.15) is 17.6 Å². The summed E-state index contributed by atoms with van der Waals surface area (Å²) in [7, 11) is 0. The Bertz CT molecular complexity index is 905. The summed E-state index contributed by atoms with van der Waals surface area (Å²) in [6.07, 6.45) is 3.56. The minimum absolute atomic E-state index is 0.128. The van der Waals surface area contributed by atoms with Crippen LogP contribution in [0.3, 0.4) is 0 Å². The number of hydrogen-bond donors (Lipinski definition) is 4. The number of carbonyl (C=O) groups is 2. The number of amides is 2. The molecule has 0 aliphatic carbocycles. The maximum Gasteiger partial charge on any atom is 0.251 e. The Morgan fingerprint density at radius 2 is 1.96 bits per heavy atom. The van der Waals surface area contributed by atoms with Crippen molar-refractivity contribution < 1.29 is 14.7 Å². The SMILES string of the molecule is NC(=O)[C@H](Cc1ccc(O)cc1)NC(=O)c1cccc(-c2ncc[nH]2)c1. The lowest BCUT2D eigenvalue weighted by Crippen LogP contribution is -2.45. The minimum Gasteiger partial charge on any atom is -0.508 e. The summed E-state index contributed by atoms with van der Waals surface area (Å²) in [5.74, 6) is -0.257. The number of phenols is 1. The molecule has 1 aromatic heterocycles. The minimum atomic E-state index is -0.862. The van der Waals surface area contributed by atoms with Crippen LogP contribution in [0.2, 0.25) is 0 Å². The van der Waals surface area contributed by atoms with Crippen molar-refractivity contribution in [2.24, 2.45) is 5.73 Å². The zero-order valence-corrected chi connectivity index (χ0v) is 13.8. The number of imidazole rings is 1. The highest BCUT2D eigenvalue weighted by Gasteiger charge is 2.20. The number of aromatic hydroxyl groups is 1. The van der Waals surface area contributed by atoms with Crippen LogP contribution in [0.1, 0.15) is 15.9 Å². The molecule has 3 rings (SSSR count). The number of carbonyl (C=O) groups excluding carboxylic acids is 2. The van der Waals surface area contributed by atoms with Crippen LogP contribution < -0.4 is 11.1 Å². The molecule has 1 atom stereocenters. The molecule has 3 aromatic rings. The van der Waals surface area contributed by atoms with E-state index in [-0.39, 0.29) is 12.2 Å². The highest BCUT2D eigenvalue weighted by atomic mass is 16.3. The second-order valence-electron chi connectivity index (χ2n) is 5.82. The van der Waals surface area contributed by atoms with Crippen molar-refractivity contribution in [2.45, 2.75) is 12.5 Å². The monoisotopic (exact) mass is 350 g/mol. The number of H-pyrrole nitrogens is 1. The average molecular weight is 350 g/mol. The highest BCUT2D eigenvalue weighted by molar-refractivity contribution is 5.98. The summed E-state index contributed by atoms with van der Waals surface area (Å²) < 4.78 is 0. The fraction of sp³-hybridized carbons (Fsp3) is 0.105. The van der Waals surface area contributed by atoms with Gasteiger partial charge in [-0.15, -0.1) is 0 Å². The average Bonchev–Trinajstić information content (AvgIpc) is 3.17. The van der Waals surface area contributed by atoms with Crippen molar-refractivity contribution in [3.8, 4) is 17.1 Å². The normalized spacial score (nSPS) is 11.7. The molecule has 132 valence electrons. The molecule has 7 heteroatoms. The number of phenolic OH excluding ortho intramolecular Hbond substituents is 1. The van der Waals surface area contributed by atoms with Crippen LogP contribution >= 0.6 is 0 Å². The Morgan fingerprint density at radius 1 is 1.19 bits per heavy atom. The zero-order valence-electron chi connectivity index (χ0n) is 13.8. The number of nitrogens with two attached hydrogens (primary N) is 1. The van der Waals surface area contributed by atoms with Crippen molar-refractivity contribution in [3.63, 3.8) is 0 Å². The number of benzene rings is 2. The van der Waals surface area contributed by atoms with E-state index < -0.39 is 17.9 Å². The van der Waals surface area contributed by atoms with Crippen LogP contribution in [0.15, 0.2) is 60.9 Å². The second kappa shape index (κ2) is 7.52. The van der Waals surface area contributed by atoms with Gasteiger partial charge < -0.3 is 21.1 Å². The molecule has 2 amide bonds. The van der Waals surface area contributed by atoms with Crippen LogP contribution in [-0.4, -0.2) is 32.9 Å². The Morgan fingerprint density at radius 3 is 2.62 bits per heavy atom. The molecule has 0 aliphatic heterocycles. The lowest BCUT2D eigenvalue weighted by molar-refractivity contribution is -0.119. The van der Waals surface area contributed by atoms with E-state index in [0.29, 0.717) is 11.4 Å². The van der Waals surface area contributed by atoms with Gasteiger partial charge >= 0.3 is 0 Å². The first kappa shape index (κ1) is 17.2. The first-order valence-corrected chi connectivity index (χ1v) is 8.01. The fourth-order valence-corrected chi connectivity index (χ4v) is 2.56. The molecule has 0 spiro atoms. The fourth-order valence-electron chi connectivity index (χ4n) is 2.56. The highest BCUT2D eigenvalue weighted by Crippen LogP contribution is 2.16. The van der Waals surface area contributed by atoms with E-state index in [4.69, 9.17) is 5.73 Å². The Hall–Kier alpha value is -3.61. The van der Waals surface area contributed by atoms with Crippen LogP contribution in [0.5, 0.6) is 5.75 Å². The number of primary amides is 1. The molecule has 0 aliphatic rings. The summed E-state index contributed by atoms with van der Waals surface area (Å²) in [6.45, 7) is 0. The second-order valence-corrected chi connectivity index (χ2v) is 5.82. The van der Waals surface area contributed by atoms with E-state index in [1.54, 1.807) is 42.7 Å². The number of rotatable bonds is 6. The Balaban J connectivity index is 1.75. The molecule has 0 bridgehead atoms. The molecule has 2 aromatic carbocycles. The molecular formula is C19H18N4O3. The summed E-state index contributed by atoms with van der Waals surface area (Å²) in [5, 5.41) is 12.0. The summed E-state index contributed by atoms with van der Waals surface area (Å²) in [4.78, 5) is 31.4. The van der Waals surface area contributed by atoms with Gasteiger partial charge in [0.05, 0.1) is 0 Å².